The van der Waals surface area contributed by atoms with Gasteiger partial charge in [-0.1, -0.05) is 0 Å². The maximum absolute atomic E-state index is 11.0. The molecule has 0 radical (unpaired) electrons. The molecule has 88 valence electrons. The Hall–Kier alpha value is -0.650. The summed E-state index contributed by atoms with van der Waals surface area (Å²) in [4.78, 5) is 11.0. The number of ether oxygens (including phenoxy) is 1. The van der Waals surface area contributed by atoms with Gasteiger partial charge in [0.15, 0.2) is 0 Å². The van der Waals surface area contributed by atoms with E-state index >= 15 is 0 Å². The van der Waals surface area contributed by atoms with Crippen LogP contribution in [0.25, 0.3) is 0 Å². The molecule has 1 aliphatic heterocycles. The lowest BCUT2D eigenvalue weighted by Gasteiger charge is -2.26. The summed E-state index contributed by atoms with van der Waals surface area (Å²) in [5, 5.41) is 9.14. The summed E-state index contributed by atoms with van der Waals surface area (Å²) < 4.78 is 5.36. The highest BCUT2D eigenvalue weighted by Crippen LogP contribution is 2.01. The highest BCUT2D eigenvalue weighted by Gasteiger charge is 2.16. The number of hydrogen-bond acceptors (Lipinski definition) is 4. The molecule has 1 rings (SSSR count). The molecule has 1 fully saturated rings. The molecule has 1 heterocycles. The van der Waals surface area contributed by atoms with Gasteiger partial charge in [-0.05, 0) is 13.3 Å². The van der Waals surface area contributed by atoms with E-state index in [-0.39, 0.29) is 5.91 Å². The van der Waals surface area contributed by atoms with Crippen LogP contribution in [0, 0.1) is 0 Å². The van der Waals surface area contributed by atoms with Gasteiger partial charge in [0.2, 0.25) is 5.91 Å². The number of hydrogen-bond donors (Lipinski definition) is 3. The molecular weight excluding hydrogens is 194 g/mol. The Morgan fingerprint density at radius 3 is 3.07 bits per heavy atom. The SMILES string of the molecule is CNC(=O)CNC(C)CC1COCCN1. The summed E-state index contributed by atoms with van der Waals surface area (Å²) in [7, 11) is 1.64. The second kappa shape index (κ2) is 6.76. The highest BCUT2D eigenvalue weighted by molar-refractivity contribution is 5.77. The largest absolute Gasteiger partial charge is 0.379 e. The zero-order valence-corrected chi connectivity index (χ0v) is 9.51. The molecule has 0 aromatic heterocycles. The van der Waals surface area contributed by atoms with Crippen LogP contribution in [-0.4, -0.2) is 51.3 Å². The topological polar surface area (TPSA) is 62.4 Å². The molecule has 5 heteroatoms. The quantitative estimate of drug-likeness (QED) is 0.555. The van der Waals surface area contributed by atoms with Crippen molar-refractivity contribution in [2.75, 3.05) is 33.4 Å². The highest BCUT2D eigenvalue weighted by atomic mass is 16.5. The van der Waals surface area contributed by atoms with Crippen LogP contribution in [0.15, 0.2) is 0 Å². The first kappa shape index (κ1) is 12.4. The van der Waals surface area contributed by atoms with Gasteiger partial charge in [-0.15, -0.1) is 0 Å². The third-order valence-corrected chi connectivity index (χ3v) is 2.53. The Morgan fingerprint density at radius 1 is 1.67 bits per heavy atom. The normalized spacial score (nSPS) is 23.5. The fourth-order valence-corrected chi connectivity index (χ4v) is 1.64. The number of nitrogens with one attached hydrogen (secondary N) is 3. The zero-order valence-electron chi connectivity index (χ0n) is 9.51. The fourth-order valence-electron chi connectivity index (χ4n) is 1.64. The molecule has 0 spiro atoms. The summed E-state index contributed by atoms with van der Waals surface area (Å²) in [6.07, 6.45) is 0.983. The van der Waals surface area contributed by atoms with E-state index in [1.54, 1.807) is 7.05 Å². The Morgan fingerprint density at radius 2 is 2.47 bits per heavy atom. The van der Waals surface area contributed by atoms with Crippen LogP contribution in [0.1, 0.15) is 13.3 Å². The van der Waals surface area contributed by atoms with Gasteiger partial charge >= 0.3 is 0 Å². The lowest BCUT2D eigenvalue weighted by Crippen LogP contribution is -2.46. The van der Waals surface area contributed by atoms with Gasteiger partial charge in [-0.2, -0.15) is 0 Å². The molecule has 0 aromatic rings. The van der Waals surface area contributed by atoms with Crippen LogP contribution in [0.4, 0.5) is 0 Å². The molecule has 2 unspecified atom stereocenters. The Labute approximate surface area is 90.9 Å². The van der Waals surface area contributed by atoms with Gasteiger partial charge in [0.1, 0.15) is 0 Å². The van der Waals surface area contributed by atoms with Gasteiger partial charge in [0, 0.05) is 25.7 Å². The van der Waals surface area contributed by atoms with Gasteiger partial charge in [-0.25, -0.2) is 0 Å². The van der Waals surface area contributed by atoms with E-state index in [0.717, 1.165) is 26.2 Å². The zero-order chi connectivity index (χ0) is 11.1. The molecule has 0 aromatic carbocycles. The second-order valence-corrected chi connectivity index (χ2v) is 3.92. The van der Waals surface area contributed by atoms with Gasteiger partial charge in [0.05, 0.1) is 19.8 Å². The van der Waals surface area contributed by atoms with E-state index in [9.17, 15) is 4.79 Å². The predicted octanol–water partition coefficient (Wildman–Crippen LogP) is -0.911. The van der Waals surface area contributed by atoms with Crippen molar-refractivity contribution in [2.45, 2.75) is 25.4 Å². The van der Waals surface area contributed by atoms with E-state index in [0.29, 0.717) is 18.6 Å². The molecule has 15 heavy (non-hydrogen) atoms. The van der Waals surface area contributed by atoms with Gasteiger partial charge in [-0.3, -0.25) is 4.79 Å². The summed E-state index contributed by atoms with van der Waals surface area (Å²) in [6, 6.07) is 0.729. The lowest BCUT2D eigenvalue weighted by atomic mass is 10.1. The third kappa shape index (κ3) is 5.11. The third-order valence-electron chi connectivity index (χ3n) is 2.53. The first-order valence-corrected chi connectivity index (χ1v) is 5.47. The number of carbonyl (C=O) groups excluding carboxylic acids is 1. The molecule has 1 aliphatic rings. The van der Waals surface area contributed by atoms with Crippen molar-refractivity contribution in [3.8, 4) is 0 Å². The fraction of sp³-hybridized carbons (Fsp3) is 0.900. The maximum Gasteiger partial charge on any atom is 0.233 e. The van der Waals surface area contributed by atoms with Crippen LogP contribution in [0.3, 0.4) is 0 Å². The van der Waals surface area contributed by atoms with Crippen LogP contribution in [-0.2, 0) is 9.53 Å². The van der Waals surface area contributed by atoms with Gasteiger partial charge < -0.3 is 20.7 Å². The van der Waals surface area contributed by atoms with Crippen molar-refractivity contribution >= 4 is 5.91 Å². The van der Waals surface area contributed by atoms with E-state index in [1.165, 1.54) is 0 Å². The van der Waals surface area contributed by atoms with Crippen LogP contribution >= 0.6 is 0 Å². The van der Waals surface area contributed by atoms with Crippen molar-refractivity contribution in [2.24, 2.45) is 0 Å². The molecule has 1 saturated heterocycles. The van der Waals surface area contributed by atoms with Gasteiger partial charge in [0.25, 0.3) is 0 Å². The Bertz CT molecular complexity index is 193. The minimum absolute atomic E-state index is 0.0229. The summed E-state index contributed by atoms with van der Waals surface area (Å²) in [5.41, 5.74) is 0. The lowest BCUT2D eigenvalue weighted by molar-refractivity contribution is -0.119. The van der Waals surface area contributed by atoms with Crippen molar-refractivity contribution in [1.82, 2.24) is 16.0 Å². The second-order valence-electron chi connectivity index (χ2n) is 3.92. The standard InChI is InChI=1S/C10H21N3O2/c1-8(13-6-10(14)11-2)5-9-7-15-4-3-12-9/h8-9,12-13H,3-7H2,1-2H3,(H,11,14). The average molecular weight is 215 g/mol. The molecule has 0 saturated carbocycles. The van der Waals surface area contributed by atoms with Crippen molar-refractivity contribution < 1.29 is 9.53 Å². The maximum atomic E-state index is 11.0. The average Bonchev–Trinajstić information content (AvgIpc) is 2.27. The monoisotopic (exact) mass is 215 g/mol. The van der Waals surface area contributed by atoms with Crippen molar-refractivity contribution in [1.29, 1.82) is 0 Å². The molecule has 2 atom stereocenters. The molecular formula is C10H21N3O2. The number of likely N-dealkylation sites (N-methyl/N-ethyl adjacent to an activating group) is 1. The smallest absolute Gasteiger partial charge is 0.233 e. The number of carbonyl (C=O) groups is 1. The van der Waals surface area contributed by atoms with Crippen LogP contribution in [0.5, 0.6) is 0 Å². The Kier molecular flexibility index (Phi) is 5.60. The molecule has 3 N–H and O–H groups in total. The van der Waals surface area contributed by atoms with E-state index in [1.807, 2.05) is 0 Å². The van der Waals surface area contributed by atoms with Crippen molar-refractivity contribution in [3.63, 3.8) is 0 Å². The molecule has 1 amide bonds. The van der Waals surface area contributed by atoms with E-state index in [2.05, 4.69) is 22.9 Å². The molecule has 0 aliphatic carbocycles. The van der Waals surface area contributed by atoms with Crippen LogP contribution in [0.2, 0.25) is 0 Å². The predicted molar refractivity (Wildman–Crippen MR) is 58.8 cm³/mol. The number of morpholine rings is 1. The number of rotatable bonds is 5. The van der Waals surface area contributed by atoms with Crippen molar-refractivity contribution in [3.05, 3.63) is 0 Å². The summed E-state index contributed by atoms with van der Waals surface area (Å²) in [6.45, 7) is 4.96. The molecule has 5 nitrogen and oxygen atoms in total. The minimum atomic E-state index is 0.0229. The van der Waals surface area contributed by atoms with E-state index in [4.69, 9.17) is 4.74 Å². The summed E-state index contributed by atoms with van der Waals surface area (Å²) in [5.74, 6) is 0.0229. The minimum Gasteiger partial charge on any atom is -0.379 e. The number of amides is 1. The Balaban J connectivity index is 2.11. The first-order valence-electron chi connectivity index (χ1n) is 5.47. The van der Waals surface area contributed by atoms with Crippen LogP contribution < -0.4 is 16.0 Å². The molecule has 0 bridgehead atoms. The first-order chi connectivity index (χ1) is 7.22. The summed E-state index contributed by atoms with van der Waals surface area (Å²) >= 11 is 0. The van der Waals surface area contributed by atoms with E-state index < -0.39 is 0 Å².